The Morgan fingerprint density at radius 2 is 2.11 bits per heavy atom. The monoisotopic (exact) mass is 254 g/mol. The highest BCUT2D eigenvalue weighted by Gasteiger charge is 2.29. The van der Waals surface area contributed by atoms with Crippen LogP contribution >= 0.6 is 0 Å². The van der Waals surface area contributed by atoms with Crippen LogP contribution in [0.15, 0.2) is 0 Å². The van der Waals surface area contributed by atoms with Crippen molar-refractivity contribution in [3.8, 4) is 0 Å². The second-order valence-electron chi connectivity index (χ2n) is 5.44. The Morgan fingerprint density at radius 1 is 1.33 bits per heavy atom. The largest absolute Gasteiger partial charge is 0.376 e. The highest BCUT2D eigenvalue weighted by Crippen LogP contribution is 2.20. The Hall–Kier alpha value is -0.610. The summed E-state index contributed by atoms with van der Waals surface area (Å²) in [6.45, 7) is 4.24. The van der Waals surface area contributed by atoms with Crippen LogP contribution in [0.25, 0.3) is 0 Å². The third-order valence-corrected chi connectivity index (χ3v) is 3.98. The van der Waals surface area contributed by atoms with Crippen LogP contribution < -0.4 is 5.32 Å². The molecule has 0 spiro atoms. The molecule has 104 valence electrons. The van der Waals surface area contributed by atoms with Crippen LogP contribution in [0.1, 0.15) is 51.9 Å². The maximum absolute atomic E-state index is 12.0. The van der Waals surface area contributed by atoms with E-state index in [1.54, 1.807) is 0 Å². The van der Waals surface area contributed by atoms with Crippen molar-refractivity contribution in [3.05, 3.63) is 0 Å². The zero-order valence-corrected chi connectivity index (χ0v) is 11.5. The fourth-order valence-electron chi connectivity index (χ4n) is 2.87. The van der Waals surface area contributed by atoms with E-state index in [9.17, 15) is 4.79 Å². The molecule has 0 bridgehead atoms. The average molecular weight is 254 g/mol. The Labute approximate surface area is 110 Å². The normalized spacial score (nSPS) is 25.9. The van der Waals surface area contributed by atoms with Crippen LogP contribution in [0.4, 0.5) is 0 Å². The van der Waals surface area contributed by atoms with Gasteiger partial charge in [0.2, 0.25) is 5.91 Å². The fourth-order valence-corrected chi connectivity index (χ4v) is 2.87. The van der Waals surface area contributed by atoms with Gasteiger partial charge in [-0.15, -0.1) is 0 Å². The smallest absolute Gasteiger partial charge is 0.240 e. The summed E-state index contributed by atoms with van der Waals surface area (Å²) < 4.78 is 5.87. The van der Waals surface area contributed by atoms with Gasteiger partial charge in [0.15, 0.2) is 0 Å². The van der Waals surface area contributed by atoms with Crippen LogP contribution in [0.2, 0.25) is 0 Å². The molecule has 18 heavy (non-hydrogen) atoms. The third kappa shape index (κ3) is 3.69. The first-order chi connectivity index (χ1) is 8.81. The maximum Gasteiger partial charge on any atom is 0.240 e. The Bertz CT molecular complexity index is 265. The van der Waals surface area contributed by atoms with Gasteiger partial charge in [-0.1, -0.05) is 32.6 Å². The van der Waals surface area contributed by atoms with Crippen molar-refractivity contribution < 1.29 is 9.53 Å². The molecule has 1 unspecified atom stereocenters. The van der Waals surface area contributed by atoms with Crippen molar-refractivity contribution >= 4 is 5.91 Å². The van der Waals surface area contributed by atoms with Crippen molar-refractivity contribution in [1.29, 1.82) is 0 Å². The number of hydrogen-bond acceptors (Lipinski definition) is 3. The van der Waals surface area contributed by atoms with Gasteiger partial charge in [-0.25, -0.2) is 0 Å². The molecule has 1 aliphatic heterocycles. The summed E-state index contributed by atoms with van der Waals surface area (Å²) in [6.07, 6.45) is 8.79. The fraction of sp³-hybridized carbons (Fsp3) is 0.929. The summed E-state index contributed by atoms with van der Waals surface area (Å²) in [7, 11) is 0. The van der Waals surface area contributed by atoms with Crippen molar-refractivity contribution in [3.63, 3.8) is 0 Å². The second-order valence-corrected chi connectivity index (χ2v) is 5.44. The second kappa shape index (κ2) is 7.10. The predicted molar refractivity (Wildman–Crippen MR) is 71.2 cm³/mol. The van der Waals surface area contributed by atoms with Gasteiger partial charge in [-0.3, -0.25) is 10.1 Å². The molecule has 4 heteroatoms. The molecule has 1 amide bonds. The summed E-state index contributed by atoms with van der Waals surface area (Å²) in [5, 5.41) is 3.27. The molecule has 1 aliphatic carbocycles. The summed E-state index contributed by atoms with van der Waals surface area (Å²) in [5.74, 6) is 0.254. The number of amides is 1. The Balaban J connectivity index is 1.63. The van der Waals surface area contributed by atoms with Gasteiger partial charge in [0, 0.05) is 6.54 Å². The summed E-state index contributed by atoms with van der Waals surface area (Å²) in [6, 6.07) is 0.0460. The molecule has 1 saturated carbocycles. The Kier molecular flexibility index (Phi) is 5.45. The molecule has 1 saturated heterocycles. The van der Waals surface area contributed by atoms with Crippen LogP contribution in [-0.4, -0.2) is 42.8 Å². The zero-order chi connectivity index (χ0) is 12.8. The number of nitrogens with one attached hydrogen (secondary N) is 1. The molecular formula is C14H26N2O2. The highest BCUT2D eigenvalue weighted by atomic mass is 16.5. The Morgan fingerprint density at radius 3 is 2.83 bits per heavy atom. The van der Waals surface area contributed by atoms with Gasteiger partial charge in [-0.2, -0.15) is 0 Å². The van der Waals surface area contributed by atoms with E-state index < -0.39 is 0 Å². The molecule has 1 heterocycles. The predicted octanol–water partition coefficient (Wildman–Crippen LogP) is 1.89. The minimum Gasteiger partial charge on any atom is -0.376 e. The van der Waals surface area contributed by atoms with E-state index in [2.05, 4.69) is 12.2 Å². The van der Waals surface area contributed by atoms with E-state index in [-0.39, 0.29) is 11.9 Å². The van der Waals surface area contributed by atoms with Gasteiger partial charge in [0.25, 0.3) is 0 Å². The number of nitrogens with zero attached hydrogens (tertiary/aromatic N) is 1. The SMILES string of the molecule is CCCC1NCN(CCOC2CCCCC2)C1=O. The van der Waals surface area contributed by atoms with Crippen molar-refractivity contribution in [1.82, 2.24) is 10.2 Å². The first-order valence-electron chi connectivity index (χ1n) is 7.45. The van der Waals surface area contributed by atoms with Crippen molar-refractivity contribution in [2.45, 2.75) is 64.0 Å². The van der Waals surface area contributed by atoms with E-state index in [4.69, 9.17) is 4.74 Å². The summed E-state index contributed by atoms with van der Waals surface area (Å²) in [5.41, 5.74) is 0. The summed E-state index contributed by atoms with van der Waals surface area (Å²) >= 11 is 0. The minimum absolute atomic E-state index is 0.0460. The van der Waals surface area contributed by atoms with Crippen molar-refractivity contribution in [2.24, 2.45) is 0 Å². The molecular weight excluding hydrogens is 228 g/mol. The van der Waals surface area contributed by atoms with Gasteiger partial charge in [0.05, 0.1) is 25.4 Å². The van der Waals surface area contributed by atoms with E-state index in [0.717, 1.165) is 19.4 Å². The molecule has 2 aliphatic rings. The number of rotatable bonds is 6. The van der Waals surface area contributed by atoms with Gasteiger partial charge in [-0.05, 0) is 19.3 Å². The molecule has 1 atom stereocenters. The van der Waals surface area contributed by atoms with Gasteiger partial charge < -0.3 is 9.64 Å². The van der Waals surface area contributed by atoms with Gasteiger partial charge >= 0.3 is 0 Å². The van der Waals surface area contributed by atoms with E-state index in [1.165, 1.54) is 32.1 Å². The van der Waals surface area contributed by atoms with Crippen LogP contribution in [0, 0.1) is 0 Å². The van der Waals surface area contributed by atoms with E-state index in [0.29, 0.717) is 19.4 Å². The van der Waals surface area contributed by atoms with Crippen LogP contribution in [0.5, 0.6) is 0 Å². The number of hydrogen-bond donors (Lipinski definition) is 1. The lowest BCUT2D eigenvalue weighted by atomic mass is 9.98. The standard InChI is InChI=1S/C14H26N2O2/c1-2-6-13-14(17)16(11-15-13)9-10-18-12-7-4-3-5-8-12/h12-13,15H,2-11H2,1H3. The lowest BCUT2D eigenvalue weighted by molar-refractivity contribution is -0.130. The average Bonchev–Trinajstić information content (AvgIpc) is 2.73. The zero-order valence-electron chi connectivity index (χ0n) is 11.5. The number of ether oxygens (including phenoxy) is 1. The molecule has 0 aromatic heterocycles. The third-order valence-electron chi connectivity index (χ3n) is 3.98. The van der Waals surface area contributed by atoms with E-state index >= 15 is 0 Å². The first-order valence-corrected chi connectivity index (χ1v) is 7.45. The molecule has 1 N–H and O–H groups in total. The van der Waals surface area contributed by atoms with Crippen molar-refractivity contribution in [2.75, 3.05) is 19.8 Å². The van der Waals surface area contributed by atoms with Crippen LogP contribution in [0.3, 0.4) is 0 Å². The lowest BCUT2D eigenvalue weighted by Crippen LogP contribution is -2.33. The molecule has 0 aromatic rings. The quantitative estimate of drug-likeness (QED) is 0.787. The first kappa shape index (κ1) is 13.8. The highest BCUT2D eigenvalue weighted by molar-refractivity contribution is 5.83. The lowest BCUT2D eigenvalue weighted by Gasteiger charge is -2.23. The molecule has 0 radical (unpaired) electrons. The number of carbonyl (C=O) groups excluding carboxylic acids is 1. The molecule has 2 rings (SSSR count). The summed E-state index contributed by atoms with van der Waals surface area (Å²) in [4.78, 5) is 13.9. The molecule has 0 aromatic carbocycles. The maximum atomic E-state index is 12.0. The minimum atomic E-state index is 0.0460. The molecule has 2 fully saturated rings. The van der Waals surface area contributed by atoms with Gasteiger partial charge in [0.1, 0.15) is 0 Å². The number of carbonyl (C=O) groups is 1. The topological polar surface area (TPSA) is 41.6 Å². The van der Waals surface area contributed by atoms with Crippen LogP contribution in [-0.2, 0) is 9.53 Å². The van der Waals surface area contributed by atoms with E-state index in [1.807, 2.05) is 4.90 Å². The molecule has 4 nitrogen and oxygen atoms in total.